The smallest absolute Gasteiger partial charge is 0.0689 e. The third kappa shape index (κ3) is 2.98. The van der Waals surface area contributed by atoms with Gasteiger partial charge in [0.15, 0.2) is 0 Å². The molecule has 0 bridgehead atoms. The Balaban J connectivity index is 1.85. The first-order valence-electron chi connectivity index (χ1n) is 6.88. The fourth-order valence-corrected chi connectivity index (χ4v) is 3.13. The van der Waals surface area contributed by atoms with Crippen molar-refractivity contribution in [2.24, 2.45) is 5.41 Å². The highest BCUT2D eigenvalue weighted by atomic mass is 16.5. The van der Waals surface area contributed by atoms with Crippen molar-refractivity contribution in [3.05, 3.63) is 0 Å². The monoisotopic (exact) mass is 221 g/mol. The van der Waals surface area contributed by atoms with Crippen LogP contribution in [-0.4, -0.2) is 12.7 Å². The van der Waals surface area contributed by atoms with Crippen LogP contribution < -0.4 is 0 Å². The van der Waals surface area contributed by atoms with Crippen LogP contribution in [0.4, 0.5) is 0 Å². The van der Waals surface area contributed by atoms with Crippen LogP contribution in [0.15, 0.2) is 0 Å². The molecule has 1 saturated heterocycles. The molecule has 1 saturated carbocycles. The van der Waals surface area contributed by atoms with Crippen molar-refractivity contribution in [3.63, 3.8) is 0 Å². The lowest BCUT2D eigenvalue weighted by atomic mass is 9.77. The molecular formula is C14H23NO. The highest BCUT2D eigenvalue weighted by Gasteiger charge is 2.32. The maximum atomic E-state index is 9.45. The zero-order valence-electron chi connectivity index (χ0n) is 10.2. The Labute approximate surface area is 99.0 Å². The Hall–Kier alpha value is -0.550. The Morgan fingerprint density at radius 1 is 1.12 bits per heavy atom. The van der Waals surface area contributed by atoms with Crippen LogP contribution in [0.3, 0.4) is 0 Å². The highest BCUT2D eigenvalue weighted by Crippen LogP contribution is 2.39. The van der Waals surface area contributed by atoms with E-state index in [0.29, 0.717) is 6.10 Å². The third-order valence-electron chi connectivity index (χ3n) is 4.27. The van der Waals surface area contributed by atoms with Crippen molar-refractivity contribution in [1.29, 1.82) is 5.26 Å². The molecule has 1 aliphatic carbocycles. The first-order chi connectivity index (χ1) is 7.85. The summed E-state index contributed by atoms with van der Waals surface area (Å²) in [5, 5.41) is 9.45. The molecular weight excluding hydrogens is 198 g/mol. The molecule has 0 aromatic heterocycles. The minimum absolute atomic E-state index is 0.0115. The normalized spacial score (nSPS) is 29.6. The molecule has 0 amide bonds. The van der Waals surface area contributed by atoms with Crippen LogP contribution >= 0.6 is 0 Å². The van der Waals surface area contributed by atoms with Gasteiger partial charge in [-0.05, 0) is 38.5 Å². The van der Waals surface area contributed by atoms with Crippen molar-refractivity contribution < 1.29 is 4.74 Å². The summed E-state index contributed by atoms with van der Waals surface area (Å²) >= 11 is 0. The van der Waals surface area contributed by atoms with Crippen LogP contribution in [0.1, 0.15) is 64.2 Å². The maximum Gasteiger partial charge on any atom is 0.0689 e. The highest BCUT2D eigenvalue weighted by molar-refractivity contribution is 5.00. The minimum atomic E-state index is -0.0115. The van der Waals surface area contributed by atoms with E-state index in [-0.39, 0.29) is 5.41 Å². The molecule has 16 heavy (non-hydrogen) atoms. The first kappa shape index (κ1) is 11.9. The van der Waals surface area contributed by atoms with E-state index < -0.39 is 0 Å². The van der Waals surface area contributed by atoms with E-state index in [1.54, 1.807) is 0 Å². The predicted octanol–water partition coefficient (Wildman–Crippen LogP) is 3.81. The molecule has 2 aliphatic rings. The van der Waals surface area contributed by atoms with Gasteiger partial charge in [0.25, 0.3) is 0 Å². The zero-order valence-corrected chi connectivity index (χ0v) is 10.2. The SMILES string of the molecule is N#CC1(CCC2CCCO2)CCCCCC1. The van der Waals surface area contributed by atoms with E-state index in [4.69, 9.17) is 4.74 Å². The van der Waals surface area contributed by atoms with Crippen molar-refractivity contribution >= 4 is 0 Å². The van der Waals surface area contributed by atoms with Crippen molar-refractivity contribution in [2.45, 2.75) is 70.3 Å². The lowest BCUT2D eigenvalue weighted by Crippen LogP contribution is -2.20. The molecule has 1 heterocycles. The lowest BCUT2D eigenvalue weighted by molar-refractivity contribution is 0.0918. The summed E-state index contributed by atoms with van der Waals surface area (Å²) < 4.78 is 5.66. The number of hydrogen-bond acceptors (Lipinski definition) is 2. The van der Waals surface area contributed by atoms with Gasteiger partial charge >= 0.3 is 0 Å². The van der Waals surface area contributed by atoms with Gasteiger partial charge in [0, 0.05) is 6.61 Å². The van der Waals surface area contributed by atoms with E-state index in [1.165, 1.54) is 38.5 Å². The van der Waals surface area contributed by atoms with Gasteiger partial charge in [0.1, 0.15) is 0 Å². The summed E-state index contributed by atoms with van der Waals surface area (Å²) in [4.78, 5) is 0. The van der Waals surface area contributed by atoms with Crippen LogP contribution in [0.25, 0.3) is 0 Å². The van der Waals surface area contributed by atoms with Gasteiger partial charge in [-0.3, -0.25) is 0 Å². The van der Waals surface area contributed by atoms with Crippen LogP contribution in [0.2, 0.25) is 0 Å². The molecule has 2 heteroatoms. The van der Waals surface area contributed by atoms with Gasteiger partial charge in [0.2, 0.25) is 0 Å². The summed E-state index contributed by atoms with van der Waals surface area (Å²) in [5.41, 5.74) is -0.0115. The number of hydrogen-bond donors (Lipinski definition) is 0. The van der Waals surface area contributed by atoms with E-state index in [0.717, 1.165) is 32.3 Å². The van der Waals surface area contributed by atoms with Gasteiger partial charge in [0.05, 0.1) is 17.6 Å². The van der Waals surface area contributed by atoms with Crippen LogP contribution in [-0.2, 0) is 4.74 Å². The average Bonchev–Trinajstić information content (AvgIpc) is 2.72. The van der Waals surface area contributed by atoms with E-state index in [9.17, 15) is 5.26 Å². The average molecular weight is 221 g/mol. The maximum absolute atomic E-state index is 9.45. The lowest BCUT2D eigenvalue weighted by Gasteiger charge is -2.25. The van der Waals surface area contributed by atoms with Gasteiger partial charge < -0.3 is 4.74 Å². The fraction of sp³-hybridized carbons (Fsp3) is 0.929. The second kappa shape index (κ2) is 5.68. The Morgan fingerprint density at radius 3 is 2.44 bits per heavy atom. The van der Waals surface area contributed by atoms with Crippen LogP contribution in [0.5, 0.6) is 0 Å². The van der Waals surface area contributed by atoms with E-state index >= 15 is 0 Å². The molecule has 1 atom stereocenters. The molecule has 0 spiro atoms. The summed E-state index contributed by atoms with van der Waals surface area (Å²) in [6.45, 7) is 0.935. The molecule has 2 fully saturated rings. The summed E-state index contributed by atoms with van der Waals surface area (Å²) in [6, 6.07) is 2.63. The summed E-state index contributed by atoms with van der Waals surface area (Å²) in [7, 11) is 0. The molecule has 90 valence electrons. The molecule has 0 aromatic rings. The Kier molecular flexibility index (Phi) is 4.23. The summed E-state index contributed by atoms with van der Waals surface area (Å²) in [5.74, 6) is 0. The van der Waals surface area contributed by atoms with E-state index in [1.807, 2.05) is 0 Å². The number of nitriles is 1. The van der Waals surface area contributed by atoms with Crippen molar-refractivity contribution in [3.8, 4) is 6.07 Å². The molecule has 2 nitrogen and oxygen atoms in total. The Morgan fingerprint density at radius 2 is 1.88 bits per heavy atom. The molecule has 2 rings (SSSR count). The quantitative estimate of drug-likeness (QED) is 0.679. The van der Waals surface area contributed by atoms with Crippen molar-refractivity contribution in [2.75, 3.05) is 6.61 Å². The predicted molar refractivity (Wildman–Crippen MR) is 64.0 cm³/mol. The second-order valence-electron chi connectivity index (χ2n) is 5.48. The van der Waals surface area contributed by atoms with Crippen LogP contribution in [0, 0.1) is 16.7 Å². The second-order valence-corrected chi connectivity index (χ2v) is 5.48. The number of rotatable bonds is 3. The molecule has 0 N–H and O–H groups in total. The number of ether oxygens (including phenoxy) is 1. The number of nitrogens with zero attached hydrogens (tertiary/aromatic N) is 1. The molecule has 0 aromatic carbocycles. The van der Waals surface area contributed by atoms with Gasteiger partial charge in [-0.25, -0.2) is 0 Å². The topological polar surface area (TPSA) is 33.0 Å². The first-order valence-corrected chi connectivity index (χ1v) is 6.88. The zero-order chi connectivity index (χ0) is 11.3. The Bertz CT molecular complexity index is 242. The molecule has 0 radical (unpaired) electrons. The van der Waals surface area contributed by atoms with Gasteiger partial charge in [-0.1, -0.05) is 25.7 Å². The third-order valence-corrected chi connectivity index (χ3v) is 4.27. The van der Waals surface area contributed by atoms with E-state index in [2.05, 4.69) is 6.07 Å². The molecule has 1 unspecified atom stereocenters. The van der Waals surface area contributed by atoms with Crippen molar-refractivity contribution in [1.82, 2.24) is 0 Å². The fourth-order valence-electron chi connectivity index (χ4n) is 3.13. The minimum Gasteiger partial charge on any atom is -0.378 e. The van der Waals surface area contributed by atoms with Gasteiger partial charge in [-0.2, -0.15) is 5.26 Å². The summed E-state index contributed by atoms with van der Waals surface area (Å²) in [6.07, 6.45) is 12.4. The molecule has 1 aliphatic heterocycles. The standard InChI is InChI=1S/C14H23NO/c15-12-14(8-3-1-2-4-9-14)10-7-13-6-5-11-16-13/h13H,1-11H2. The largest absolute Gasteiger partial charge is 0.378 e. The van der Waals surface area contributed by atoms with Gasteiger partial charge in [-0.15, -0.1) is 0 Å².